The Bertz CT molecular complexity index is 1430. The molecular formula is C26H23N3O5S. The van der Waals surface area contributed by atoms with Crippen molar-refractivity contribution in [1.82, 2.24) is 4.37 Å². The van der Waals surface area contributed by atoms with Gasteiger partial charge in [0.1, 0.15) is 13.2 Å². The van der Waals surface area contributed by atoms with E-state index in [9.17, 15) is 9.90 Å². The van der Waals surface area contributed by atoms with Crippen LogP contribution in [-0.4, -0.2) is 52.6 Å². The Morgan fingerprint density at radius 1 is 1.17 bits per heavy atom. The molecule has 178 valence electrons. The molecule has 1 aliphatic heterocycles. The van der Waals surface area contributed by atoms with E-state index in [0.29, 0.717) is 19.0 Å². The van der Waals surface area contributed by atoms with E-state index in [1.165, 1.54) is 17.7 Å². The summed E-state index contributed by atoms with van der Waals surface area (Å²) in [5.74, 6) is 1.05. The summed E-state index contributed by atoms with van der Waals surface area (Å²) in [5, 5.41) is 22.6. The molecule has 35 heavy (non-hydrogen) atoms. The van der Waals surface area contributed by atoms with Gasteiger partial charge in [0.15, 0.2) is 23.4 Å². The highest BCUT2D eigenvalue weighted by molar-refractivity contribution is 7.13. The van der Waals surface area contributed by atoms with Crippen molar-refractivity contribution in [3.05, 3.63) is 65.7 Å². The Hall–Kier alpha value is -3.95. The standard InChI is InChI=1S/C26H23N3O5S/c1-15-18(17-6-7-22-23(12-17)34-10-9-33-22)3-2-4-20(15)28-25-19-11-16(5-8-24(19)35-29-25)13-27-21(14-30)26(31)32/h2-8,11-13,21,30H,9-10,14H2,1H3,(H,28,29)(H,31,32)/t21-/m1/s1. The van der Waals surface area contributed by atoms with Crippen molar-refractivity contribution < 1.29 is 24.5 Å². The number of aliphatic carboxylic acids is 1. The maximum absolute atomic E-state index is 11.1. The van der Waals surface area contributed by atoms with Crippen molar-refractivity contribution in [2.75, 3.05) is 25.1 Å². The number of anilines is 2. The lowest BCUT2D eigenvalue weighted by Crippen LogP contribution is -2.22. The molecule has 9 heteroatoms. The average molecular weight is 490 g/mol. The quantitative estimate of drug-likeness (QED) is 0.324. The van der Waals surface area contributed by atoms with E-state index < -0.39 is 18.6 Å². The molecular weight excluding hydrogens is 466 g/mol. The van der Waals surface area contributed by atoms with E-state index in [-0.39, 0.29) is 0 Å². The van der Waals surface area contributed by atoms with Gasteiger partial charge in [-0.1, -0.05) is 24.3 Å². The lowest BCUT2D eigenvalue weighted by Gasteiger charge is -2.19. The number of carboxylic acid groups (broad SMARTS) is 1. The number of hydrogen-bond donors (Lipinski definition) is 3. The molecule has 4 aromatic rings. The maximum Gasteiger partial charge on any atom is 0.330 e. The number of nitrogens with one attached hydrogen (secondary N) is 1. The average Bonchev–Trinajstić information content (AvgIpc) is 3.27. The SMILES string of the molecule is Cc1c(Nc2nsc3ccc(C=N[C@H](CO)C(=O)O)cc23)cccc1-c1ccc2c(c1)OCCO2. The minimum absolute atomic E-state index is 0.539. The highest BCUT2D eigenvalue weighted by atomic mass is 32.1. The van der Waals surface area contributed by atoms with Crippen LogP contribution in [0.4, 0.5) is 11.5 Å². The van der Waals surface area contributed by atoms with Gasteiger partial charge in [0.05, 0.1) is 11.3 Å². The Balaban J connectivity index is 1.44. The molecule has 0 unspecified atom stereocenters. The minimum Gasteiger partial charge on any atom is -0.486 e. The Kier molecular flexibility index (Phi) is 6.35. The molecule has 5 rings (SSSR count). The Morgan fingerprint density at radius 2 is 2.00 bits per heavy atom. The third kappa shape index (κ3) is 4.68. The van der Waals surface area contributed by atoms with E-state index in [2.05, 4.69) is 27.7 Å². The van der Waals surface area contributed by atoms with E-state index in [1.54, 1.807) is 0 Å². The van der Waals surface area contributed by atoms with Gasteiger partial charge in [0, 0.05) is 17.3 Å². The fourth-order valence-corrected chi connectivity index (χ4v) is 4.63. The van der Waals surface area contributed by atoms with Gasteiger partial charge >= 0.3 is 5.97 Å². The first-order valence-corrected chi connectivity index (χ1v) is 11.8. The third-order valence-electron chi connectivity index (χ3n) is 5.80. The van der Waals surface area contributed by atoms with Crippen LogP contribution in [0.2, 0.25) is 0 Å². The normalized spacial score (nSPS) is 13.8. The van der Waals surface area contributed by atoms with E-state index >= 15 is 0 Å². The van der Waals surface area contributed by atoms with Crippen LogP contribution in [0.5, 0.6) is 11.5 Å². The topological polar surface area (TPSA) is 113 Å². The number of aliphatic imine (C=N–C) groups is 1. The first-order chi connectivity index (χ1) is 17.0. The molecule has 3 N–H and O–H groups in total. The molecule has 1 atom stereocenters. The van der Waals surface area contributed by atoms with Crippen molar-refractivity contribution in [3.8, 4) is 22.6 Å². The number of aliphatic hydroxyl groups excluding tert-OH is 1. The van der Waals surface area contributed by atoms with Gasteiger partial charge in [-0.05, 0) is 71.0 Å². The molecule has 0 spiro atoms. The molecule has 1 aliphatic rings. The Labute approximate surface area is 205 Å². The molecule has 0 radical (unpaired) electrons. The monoisotopic (exact) mass is 489 g/mol. The Morgan fingerprint density at radius 3 is 2.80 bits per heavy atom. The number of benzene rings is 3. The number of carboxylic acids is 1. The molecule has 0 saturated heterocycles. The lowest BCUT2D eigenvalue weighted by molar-refractivity contribution is -0.139. The molecule has 0 aliphatic carbocycles. The number of aliphatic hydroxyl groups is 1. The van der Waals surface area contributed by atoms with Crippen molar-refractivity contribution in [2.45, 2.75) is 13.0 Å². The number of rotatable bonds is 7. The van der Waals surface area contributed by atoms with Gasteiger partial charge in [0.2, 0.25) is 0 Å². The predicted molar refractivity (Wildman–Crippen MR) is 137 cm³/mol. The highest BCUT2D eigenvalue weighted by Gasteiger charge is 2.16. The van der Waals surface area contributed by atoms with Crippen LogP contribution in [0, 0.1) is 6.92 Å². The number of carbonyl (C=O) groups is 1. The number of fused-ring (bicyclic) bond motifs is 2. The summed E-state index contributed by atoms with van der Waals surface area (Å²) in [5.41, 5.74) is 4.82. The van der Waals surface area contributed by atoms with Gasteiger partial charge in [-0.25, -0.2) is 4.79 Å². The van der Waals surface area contributed by atoms with Crippen LogP contribution < -0.4 is 14.8 Å². The van der Waals surface area contributed by atoms with Crippen LogP contribution in [0.3, 0.4) is 0 Å². The highest BCUT2D eigenvalue weighted by Crippen LogP contribution is 2.38. The molecule has 1 aromatic heterocycles. The summed E-state index contributed by atoms with van der Waals surface area (Å²) in [7, 11) is 0. The van der Waals surface area contributed by atoms with Crippen molar-refractivity contribution in [2.24, 2.45) is 4.99 Å². The van der Waals surface area contributed by atoms with Crippen LogP contribution in [-0.2, 0) is 4.79 Å². The number of nitrogens with zero attached hydrogens (tertiary/aromatic N) is 2. The maximum atomic E-state index is 11.1. The van der Waals surface area contributed by atoms with Crippen LogP contribution in [0.1, 0.15) is 11.1 Å². The second-order valence-corrected chi connectivity index (χ2v) is 8.87. The molecule has 0 bridgehead atoms. The molecule has 0 amide bonds. The van der Waals surface area contributed by atoms with E-state index in [0.717, 1.165) is 49.5 Å². The molecule has 2 heterocycles. The first kappa shape index (κ1) is 22.8. The summed E-state index contributed by atoms with van der Waals surface area (Å²) in [6, 6.07) is 16.5. The van der Waals surface area contributed by atoms with Crippen LogP contribution >= 0.6 is 11.5 Å². The molecule has 8 nitrogen and oxygen atoms in total. The summed E-state index contributed by atoms with van der Waals surface area (Å²) >= 11 is 1.38. The second-order valence-electron chi connectivity index (χ2n) is 8.06. The third-order valence-corrected chi connectivity index (χ3v) is 6.62. The van der Waals surface area contributed by atoms with Gasteiger partial charge in [-0.15, -0.1) is 0 Å². The second kappa shape index (κ2) is 9.73. The number of aromatic nitrogens is 1. The van der Waals surface area contributed by atoms with Crippen molar-refractivity contribution in [3.63, 3.8) is 0 Å². The van der Waals surface area contributed by atoms with Gasteiger partial charge in [-0.2, -0.15) is 4.37 Å². The minimum atomic E-state index is -1.19. The first-order valence-electron chi connectivity index (χ1n) is 11.1. The van der Waals surface area contributed by atoms with E-state index in [4.69, 9.17) is 14.6 Å². The van der Waals surface area contributed by atoms with Gasteiger partial charge < -0.3 is 25.0 Å². The predicted octanol–water partition coefficient (Wildman–Crippen LogP) is 4.65. The van der Waals surface area contributed by atoms with Gasteiger partial charge in [0.25, 0.3) is 0 Å². The number of hydrogen-bond acceptors (Lipinski definition) is 8. The van der Waals surface area contributed by atoms with Gasteiger partial charge in [-0.3, -0.25) is 4.99 Å². The lowest BCUT2D eigenvalue weighted by atomic mass is 9.98. The fourth-order valence-electron chi connectivity index (χ4n) is 3.91. The van der Waals surface area contributed by atoms with Crippen molar-refractivity contribution >= 4 is 45.3 Å². The van der Waals surface area contributed by atoms with Crippen LogP contribution in [0.25, 0.3) is 21.2 Å². The summed E-state index contributed by atoms with van der Waals surface area (Å²) < 4.78 is 17.0. The zero-order valence-corrected chi connectivity index (χ0v) is 19.7. The zero-order chi connectivity index (χ0) is 24.4. The summed E-state index contributed by atoms with van der Waals surface area (Å²) in [6.45, 7) is 2.60. The smallest absolute Gasteiger partial charge is 0.330 e. The fraction of sp³-hybridized carbons (Fsp3) is 0.192. The summed E-state index contributed by atoms with van der Waals surface area (Å²) in [4.78, 5) is 15.1. The zero-order valence-electron chi connectivity index (χ0n) is 18.9. The molecule has 0 saturated carbocycles. The summed E-state index contributed by atoms with van der Waals surface area (Å²) in [6.07, 6.45) is 1.46. The van der Waals surface area contributed by atoms with Crippen LogP contribution in [0.15, 0.2) is 59.6 Å². The molecule has 0 fully saturated rings. The van der Waals surface area contributed by atoms with Crippen molar-refractivity contribution in [1.29, 1.82) is 0 Å². The largest absolute Gasteiger partial charge is 0.486 e. The van der Waals surface area contributed by atoms with E-state index in [1.807, 2.05) is 48.5 Å². The molecule has 3 aromatic carbocycles. The number of ether oxygens (including phenoxy) is 2.